The molecule has 1 aromatic carbocycles. The van der Waals surface area contributed by atoms with Crippen LogP contribution in [0.15, 0.2) is 29.4 Å². The number of hydrogen-bond donors (Lipinski definition) is 2. The molecule has 1 rings (SSSR count). The van der Waals surface area contributed by atoms with Crippen LogP contribution in [0.3, 0.4) is 0 Å². The summed E-state index contributed by atoms with van der Waals surface area (Å²) in [7, 11) is 0. The lowest BCUT2D eigenvalue weighted by atomic mass is 10.3. The van der Waals surface area contributed by atoms with E-state index in [0.29, 0.717) is 5.69 Å². The first-order valence-electron chi connectivity index (χ1n) is 3.47. The first kappa shape index (κ1) is 8.39. The monoisotopic (exact) mass is 163 g/mol. The van der Waals surface area contributed by atoms with Gasteiger partial charge < -0.3 is 5.32 Å². The average Bonchev–Trinajstić information content (AvgIpc) is 2.05. The highest BCUT2D eigenvalue weighted by molar-refractivity contribution is 5.88. The van der Waals surface area contributed by atoms with Gasteiger partial charge in [0, 0.05) is 12.6 Å². The van der Waals surface area contributed by atoms with Crippen LogP contribution in [0.5, 0.6) is 0 Å². The Kier molecular flexibility index (Phi) is 2.53. The summed E-state index contributed by atoms with van der Waals surface area (Å²) in [6, 6.07) is 6.74. The lowest BCUT2D eigenvalue weighted by molar-refractivity contribution is -0.114. The molecule has 0 fully saturated rings. The minimum atomic E-state index is -0.106. The van der Waals surface area contributed by atoms with E-state index in [9.17, 15) is 4.79 Å². The Morgan fingerprint density at radius 3 is 2.42 bits per heavy atom. The van der Waals surface area contributed by atoms with Crippen molar-refractivity contribution in [3.05, 3.63) is 24.3 Å². The quantitative estimate of drug-likeness (QED) is 0.645. The number of amides is 1. The number of nitrogens with one attached hydrogen (secondary N) is 2. The fourth-order valence-corrected chi connectivity index (χ4v) is 0.823. The molecule has 1 amide bonds. The van der Waals surface area contributed by atoms with Crippen molar-refractivity contribution in [3.63, 3.8) is 0 Å². The van der Waals surface area contributed by atoms with E-state index in [1.54, 1.807) is 24.3 Å². The first-order chi connectivity index (χ1) is 5.72. The smallest absolute Gasteiger partial charge is 0.221 e. The number of benzene rings is 1. The highest BCUT2D eigenvalue weighted by Crippen LogP contribution is 2.15. The molecule has 62 valence electrons. The Labute approximate surface area is 70.1 Å². The van der Waals surface area contributed by atoms with Gasteiger partial charge in [-0.3, -0.25) is 4.79 Å². The molecule has 0 atom stereocenters. The summed E-state index contributed by atoms with van der Waals surface area (Å²) >= 11 is 0. The molecule has 0 saturated heterocycles. The Hall–Kier alpha value is -1.71. The zero-order chi connectivity index (χ0) is 8.97. The van der Waals surface area contributed by atoms with Gasteiger partial charge in [-0.15, -0.1) is 0 Å². The molecular formula is C8H9N3O. The van der Waals surface area contributed by atoms with Gasteiger partial charge >= 0.3 is 0 Å². The summed E-state index contributed by atoms with van der Waals surface area (Å²) in [5.74, 6) is -0.106. The maximum atomic E-state index is 10.6. The van der Waals surface area contributed by atoms with Crippen molar-refractivity contribution in [1.29, 1.82) is 5.53 Å². The second kappa shape index (κ2) is 3.61. The van der Waals surface area contributed by atoms with Crippen LogP contribution in [-0.4, -0.2) is 5.91 Å². The van der Waals surface area contributed by atoms with Gasteiger partial charge in [0.2, 0.25) is 5.91 Å². The molecule has 0 bridgehead atoms. The highest BCUT2D eigenvalue weighted by atomic mass is 16.1. The Bertz CT molecular complexity index is 292. The molecule has 0 radical (unpaired) electrons. The van der Waals surface area contributed by atoms with Crippen molar-refractivity contribution in [2.45, 2.75) is 6.92 Å². The molecule has 4 nitrogen and oxygen atoms in total. The van der Waals surface area contributed by atoms with Gasteiger partial charge in [-0.1, -0.05) is 0 Å². The summed E-state index contributed by atoms with van der Waals surface area (Å²) < 4.78 is 0. The van der Waals surface area contributed by atoms with Crippen LogP contribution in [0.4, 0.5) is 11.4 Å². The largest absolute Gasteiger partial charge is 0.326 e. The third kappa shape index (κ3) is 2.16. The minimum Gasteiger partial charge on any atom is -0.326 e. The van der Waals surface area contributed by atoms with Gasteiger partial charge in [0.05, 0.1) is 5.69 Å². The van der Waals surface area contributed by atoms with E-state index in [-0.39, 0.29) is 5.91 Å². The Balaban J connectivity index is 2.77. The van der Waals surface area contributed by atoms with Crippen LogP contribution < -0.4 is 5.32 Å². The van der Waals surface area contributed by atoms with Crippen LogP contribution in [-0.2, 0) is 4.79 Å². The standard InChI is InChI=1S/C8H9N3O/c1-6(12)10-7-2-4-8(11-9)5-3-7/h2-5,9H,1H3,(H,10,12). The van der Waals surface area contributed by atoms with Crippen LogP contribution in [0.2, 0.25) is 0 Å². The van der Waals surface area contributed by atoms with E-state index < -0.39 is 0 Å². The van der Waals surface area contributed by atoms with Crippen molar-refractivity contribution in [3.8, 4) is 0 Å². The van der Waals surface area contributed by atoms with E-state index in [1.165, 1.54) is 6.92 Å². The number of rotatable bonds is 2. The van der Waals surface area contributed by atoms with Gasteiger partial charge in [0.15, 0.2) is 0 Å². The first-order valence-corrected chi connectivity index (χ1v) is 3.47. The summed E-state index contributed by atoms with van der Waals surface area (Å²) in [4.78, 5) is 10.6. The van der Waals surface area contributed by atoms with Crippen LogP contribution in [0.1, 0.15) is 6.92 Å². The minimum absolute atomic E-state index is 0.106. The summed E-state index contributed by atoms with van der Waals surface area (Å²) in [6.45, 7) is 1.45. The molecule has 0 saturated carbocycles. The predicted octanol–water partition coefficient (Wildman–Crippen LogP) is 2.31. The van der Waals surface area contributed by atoms with Gasteiger partial charge in [0.1, 0.15) is 0 Å². The molecule has 0 aliphatic rings. The fraction of sp³-hybridized carbons (Fsp3) is 0.125. The zero-order valence-corrected chi connectivity index (χ0v) is 6.66. The van der Waals surface area contributed by atoms with Crippen LogP contribution >= 0.6 is 0 Å². The number of nitrogens with zero attached hydrogens (tertiary/aromatic N) is 1. The normalized spacial score (nSPS) is 9.08. The Morgan fingerprint density at radius 2 is 2.00 bits per heavy atom. The van der Waals surface area contributed by atoms with Gasteiger partial charge in [-0.2, -0.15) is 5.11 Å². The van der Waals surface area contributed by atoms with Crippen molar-refractivity contribution in [2.24, 2.45) is 5.11 Å². The highest BCUT2D eigenvalue weighted by Gasteiger charge is 1.94. The lowest BCUT2D eigenvalue weighted by Crippen LogP contribution is -2.04. The molecule has 0 aliphatic heterocycles. The average molecular weight is 163 g/mol. The molecule has 4 heteroatoms. The molecule has 0 spiro atoms. The zero-order valence-electron chi connectivity index (χ0n) is 6.66. The third-order valence-corrected chi connectivity index (χ3v) is 1.32. The summed E-state index contributed by atoms with van der Waals surface area (Å²) in [6.07, 6.45) is 0. The second-order valence-electron chi connectivity index (χ2n) is 2.34. The maximum absolute atomic E-state index is 10.6. The third-order valence-electron chi connectivity index (χ3n) is 1.32. The topological polar surface area (TPSA) is 65.3 Å². The summed E-state index contributed by atoms with van der Waals surface area (Å²) in [5.41, 5.74) is 7.98. The van der Waals surface area contributed by atoms with E-state index in [1.807, 2.05) is 0 Å². The molecule has 12 heavy (non-hydrogen) atoms. The summed E-state index contributed by atoms with van der Waals surface area (Å²) in [5, 5.41) is 5.84. The number of anilines is 1. The van der Waals surface area contributed by atoms with Crippen molar-refractivity contribution in [1.82, 2.24) is 0 Å². The van der Waals surface area contributed by atoms with Crippen LogP contribution in [0, 0.1) is 5.53 Å². The SMILES string of the molecule is CC(=O)Nc1ccc(N=N)cc1. The second-order valence-corrected chi connectivity index (χ2v) is 2.34. The number of carbonyl (C=O) groups is 1. The molecule has 0 aromatic heterocycles. The molecular weight excluding hydrogens is 154 g/mol. The van der Waals surface area contributed by atoms with Crippen LogP contribution in [0.25, 0.3) is 0 Å². The predicted molar refractivity (Wildman–Crippen MR) is 45.6 cm³/mol. The van der Waals surface area contributed by atoms with Gasteiger partial charge in [0.25, 0.3) is 0 Å². The fourth-order valence-electron chi connectivity index (χ4n) is 0.823. The number of carbonyl (C=O) groups excluding carboxylic acids is 1. The van der Waals surface area contributed by atoms with Crippen molar-refractivity contribution in [2.75, 3.05) is 5.32 Å². The molecule has 1 aromatic rings. The van der Waals surface area contributed by atoms with Gasteiger partial charge in [-0.05, 0) is 24.3 Å². The maximum Gasteiger partial charge on any atom is 0.221 e. The molecule has 0 heterocycles. The van der Waals surface area contributed by atoms with Crippen molar-refractivity contribution >= 4 is 17.3 Å². The molecule has 0 aliphatic carbocycles. The molecule has 0 unspecified atom stereocenters. The van der Waals surface area contributed by atoms with E-state index in [2.05, 4.69) is 10.4 Å². The van der Waals surface area contributed by atoms with Gasteiger partial charge in [-0.25, -0.2) is 5.53 Å². The van der Waals surface area contributed by atoms with E-state index in [4.69, 9.17) is 5.53 Å². The van der Waals surface area contributed by atoms with E-state index in [0.717, 1.165) is 5.69 Å². The molecule has 2 N–H and O–H groups in total. The van der Waals surface area contributed by atoms with E-state index >= 15 is 0 Å². The Morgan fingerprint density at radius 1 is 1.42 bits per heavy atom. The van der Waals surface area contributed by atoms with Crippen molar-refractivity contribution < 1.29 is 4.79 Å². The number of hydrogen-bond acceptors (Lipinski definition) is 3. The lowest BCUT2D eigenvalue weighted by Gasteiger charge is -2.00.